The highest BCUT2D eigenvalue weighted by atomic mass is 32.1. The third-order valence-electron chi connectivity index (χ3n) is 2.43. The Morgan fingerprint density at radius 1 is 1.18 bits per heavy atom. The maximum Gasteiger partial charge on any atom is 0.422 e. The van der Waals surface area contributed by atoms with Crippen LogP contribution in [-0.2, 0) is 11.3 Å². The fourth-order valence-electron chi connectivity index (χ4n) is 1.48. The number of carbonyl (C=O) groups is 1. The summed E-state index contributed by atoms with van der Waals surface area (Å²) < 4.78 is 45.2. The molecule has 0 bridgehead atoms. The molecule has 1 heterocycles. The number of thiophene rings is 1. The summed E-state index contributed by atoms with van der Waals surface area (Å²) in [6, 6.07) is 10.1. The van der Waals surface area contributed by atoms with Gasteiger partial charge in [0.15, 0.2) is 6.61 Å². The lowest BCUT2D eigenvalue weighted by Gasteiger charge is -2.10. The Labute approximate surface area is 128 Å². The molecule has 2 rings (SSSR count). The van der Waals surface area contributed by atoms with Gasteiger partial charge in [-0.15, -0.1) is 11.3 Å². The lowest BCUT2D eigenvalue weighted by Crippen LogP contribution is -2.23. The van der Waals surface area contributed by atoms with E-state index in [0.717, 1.165) is 4.88 Å². The van der Waals surface area contributed by atoms with E-state index in [0.29, 0.717) is 18.0 Å². The minimum absolute atomic E-state index is 0.315. The zero-order valence-corrected chi connectivity index (χ0v) is 12.0. The number of anilines is 1. The monoisotopic (exact) mass is 331 g/mol. The Morgan fingerprint density at radius 3 is 2.50 bits per heavy atom. The molecule has 2 aromatic rings. The van der Waals surface area contributed by atoms with Crippen molar-refractivity contribution in [3.8, 4) is 5.75 Å². The van der Waals surface area contributed by atoms with Crippen LogP contribution >= 0.6 is 11.3 Å². The van der Waals surface area contributed by atoms with Crippen molar-refractivity contribution in [1.82, 2.24) is 0 Å². The fraction of sp³-hybridized carbons (Fsp3) is 0.214. The van der Waals surface area contributed by atoms with E-state index in [2.05, 4.69) is 10.1 Å². The van der Waals surface area contributed by atoms with Crippen molar-refractivity contribution in [3.63, 3.8) is 0 Å². The number of carbonyl (C=O) groups excluding carboxylic acids is 1. The van der Waals surface area contributed by atoms with E-state index in [4.69, 9.17) is 4.74 Å². The molecule has 8 heteroatoms. The zero-order valence-electron chi connectivity index (χ0n) is 11.2. The van der Waals surface area contributed by atoms with E-state index < -0.39 is 18.9 Å². The fourth-order valence-corrected chi connectivity index (χ4v) is 2.10. The van der Waals surface area contributed by atoms with E-state index in [-0.39, 0.29) is 0 Å². The van der Waals surface area contributed by atoms with Crippen molar-refractivity contribution in [2.45, 2.75) is 12.8 Å². The Morgan fingerprint density at radius 2 is 1.91 bits per heavy atom. The highest BCUT2D eigenvalue weighted by molar-refractivity contribution is 7.09. The molecule has 4 nitrogen and oxygen atoms in total. The summed E-state index contributed by atoms with van der Waals surface area (Å²) in [5, 5.41) is 4.14. The largest absolute Gasteiger partial charge is 0.488 e. The van der Waals surface area contributed by atoms with E-state index in [9.17, 15) is 18.0 Å². The Hall–Kier alpha value is -2.22. The molecule has 0 saturated heterocycles. The second kappa shape index (κ2) is 7.17. The molecular formula is C14H12F3NO3S. The van der Waals surface area contributed by atoms with E-state index in [1.807, 2.05) is 17.5 Å². The third-order valence-corrected chi connectivity index (χ3v) is 3.28. The van der Waals surface area contributed by atoms with Gasteiger partial charge in [0.05, 0.1) is 0 Å². The summed E-state index contributed by atoms with van der Waals surface area (Å²) in [5.41, 5.74) is 0.315. The van der Waals surface area contributed by atoms with Gasteiger partial charge in [-0.2, -0.15) is 13.2 Å². The first kappa shape index (κ1) is 16.2. The molecule has 1 N–H and O–H groups in total. The normalized spacial score (nSPS) is 11.0. The molecule has 1 amide bonds. The van der Waals surface area contributed by atoms with Gasteiger partial charge in [-0.25, -0.2) is 4.79 Å². The van der Waals surface area contributed by atoms with Crippen LogP contribution in [0.25, 0.3) is 0 Å². The number of amides is 1. The summed E-state index contributed by atoms with van der Waals surface area (Å²) in [4.78, 5) is 12.2. The minimum atomic E-state index is -4.54. The molecular weight excluding hydrogens is 319 g/mol. The summed E-state index contributed by atoms with van der Waals surface area (Å²) in [7, 11) is 0. The Balaban J connectivity index is 1.80. The third kappa shape index (κ3) is 5.65. The number of hydrogen-bond acceptors (Lipinski definition) is 4. The van der Waals surface area contributed by atoms with Crippen LogP contribution in [0.4, 0.5) is 23.7 Å². The van der Waals surface area contributed by atoms with Crippen molar-refractivity contribution in [2.24, 2.45) is 0 Å². The maximum atomic E-state index is 11.9. The molecule has 1 aromatic heterocycles. The summed E-state index contributed by atoms with van der Waals surface area (Å²) in [6.45, 7) is -1.20. The number of ether oxygens (including phenoxy) is 2. The van der Waals surface area contributed by atoms with Crippen molar-refractivity contribution in [2.75, 3.05) is 11.9 Å². The smallest absolute Gasteiger partial charge is 0.422 e. The molecule has 0 fully saturated rings. The highest BCUT2D eigenvalue weighted by Gasteiger charge is 2.29. The molecule has 22 heavy (non-hydrogen) atoms. The highest BCUT2D eigenvalue weighted by Crippen LogP contribution is 2.19. The first-order chi connectivity index (χ1) is 10.4. The van der Waals surface area contributed by atoms with Gasteiger partial charge in [-0.3, -0.25) is 5.32 Å². The van der Waals surface area contributed by atoms with Crippen LogP contribution in [0.2, 0.25) is 0 Å². The van der Waals surface area contributed by atoms with Gasteiger partial charge < -0.3 is 9.47 Å². The zero-order chi connectivity index (χ0) is 16.0. The molecule has 0 aliphatic rings. The van der Waals surface area contributed by atoms with Gasteiger partial charge in [0.2, 0.25) is 0 Å². The van der Waals surface area contributed by atoms with Gasteiger partial charge in [-0.05, 0) is 35.7 Å². The number of halogens is 3. The minimum Gasteiger partial charge on any atom is -0.488 e. The van der Waals surface area contributed by atoms with Gasteiger partial charge in [0.25, 0.3) is 0 Å². The SMILES string of the molecule is O=C(Nc1ccc(OCc2cccs2)cc1)OCC(F)(F)F. The lowest BCUT2D eigenvalue weighted by atomic mass is 10.3. The second-order valence-corrected chi connectivity index (χ2v) is 5.24. The number of benzene rings is 1. The molecule has 0 saturated carbocycles. The second-order valence-electron chi connectivity index (χ2n) is 4.21. The van der Waals surface area contributed by atoms with Crippen LogP contribution in [0.15, 0.2) is 41.8 Å². The first-order valence-corrected chi connectivity index (χ1v) is 7.06. The van der Waals surface area contributed by atoms with Gasteiger partial charge in [0, 0.05) is 10.6 Å². The van der Waals surface area contributed by atoms with Crippen molar-refractivity contribution >= 4 is 23.1 Å². The lowest BCUT2D eigenvalue weighted by molar-refractivity contribution is -0.159. The maximum absolute atomic E-state index is 11.9. The van der Waals surface area contributed by atoms with Crippen molar-refractivity contribution in [3.05, 3.63) is 46.7 Å². The average molecular weight is 331 g/mol. The Kier molecular flexibility index (Phi) is 5.26. The van der Waals surface area contributed by atoms with Crippen LogP contribution in [0, 0.1) is 0 Å². The average Bonchev–Trinajstić information content (AvgIpc) is 2.97. The predicted molar refractivity (Wildman–Crippen MR) is 76.1 cm³/mol. The summed E-state index contributed by atoms with van der Waals surface area (Å²) in [6.07, 6.45) is -5.71. The number of nitrogens with one attached hydrogen (secondary N) is 1. The van der Waals surface area contributed by atoms with Gasteiger partial charge in [0.1, 0.15) is 12.4 Å². The van der Waals surface area contributed by atoms with Crippen molar-refractivity contribution < 1.29 is 27.4 Å². The van der Waals surface area contributed by atoms with Gasteiger partial charge >= 0.3 is 12.3 Å². The predicted octanol–water partition coefficient (Wildman–Crippen LogP) is 4.44. The topological polar surface area (TPSA) is 47.6 Å². The quantitative estimate of drug-likeness (QED) is 0.881. The van der Waals surface area contributed by atoms with Crippen LogP contribution in [0.5, 0.6) is 5.75 Å². The van der Waals surface area contributed by atoms with E-state index >= 15 is 0 Å². The molecule has 0 atom stereocenters. The first-order valence-electron chi connectivity index (χ1n) is 6.18. The van der Waals surface area contributed by atoms with E-state index in [1.165, 1.54) is 12.1 Å². The molecule has 0 spiro atoms. The number of rotatable bonds is 5. The molecule has 118 valence electrons. The number of alkyl halides is 3. The molecule has 0 aliphatic heterocycles. The van der Waals surface area contributed by atoms with Crippen LogP contribution in [0.1, 0.15) is 4.88 Å². The van der Waals surface area contributed by atoms with Gasteiger partial charge in [-0.1, -0.05) is 6.07 Å². The Bertz CT molecular complexity index is 597. The summed E-state index contributed by atoms with van der Waals surface area (Å²) >= 11 is 1.57. The van der Waals surface area contributed by atoms with Crippen molar-refractivity contribution in [1.29, 1.82) is 0 Å². The molecule has 0 aliphatic carbocycles. The van der Waals surface area contributed by atoms with Crippen LogP contribution in [-0.4, -0.2) is 18.9 Å². The van der Waals surface area contributed by atoms with Crippen LogP contribution in [0.3, 0.4) is 0 Å². The molecule has 1 aromatic carbocycles. The molecule has 0 radical (unpaired) electrons. The molecule has 0 unspecified atom stereocenters. The summed E-state index contributed by atoms with van der Waals surface area (Å²) in [5.74, 6) is 0.586. The standard InChI is InChI=1S/C14H12F3NO3S/c15-14(16,17)9-21-13(19)18-10-3-5-11(6-4-10)20-8-12-2-1-7-22-12/h1-7H,8-9H2,(H,18,19). The van der Waals surface area contributed by atoms with Crippen LogP contribution < -0.4 is 10.1 Å². The number of hydrogen-bond donors (Lipinski definition) is 1. The van der Waals surface area contributed by atoms with E-state index in [1.54, 1.807) is 23.5 Å².